The standard InChI is InChI=1S/C50H46Cl2N4O3/c1-53(41-19-15-39(51)16-20-41)47-27-29-55(49-9-5-3-7-45(47)49)35-37-11-23-43(24-12-37)58-33-31-57-32-34-59-44-25-13-38(14-26-44)36-56-30-28-48(46-8-4-6-10-50(46)56)54(2)42-21-17-40(52)18-22-42/h3-30H,31-36H2,1-2H3/q+2. The second-order valence-corrected chi connectivity index (χ2v) is 15.2. The largest absolute Gasteiger partial charge is 0.491 e. The van der Waals surface area contributed by atoms with E-state index in [-0.39, 0.29) is 0 Å². The monoisotopic (exact) mass is 820 g/mol. The lowest BCUT2D eigenvalue weighted by molar-refractivity contribution is -0.662. The van der Waals surface area contributed by atoms with Crippen LogP contribution in [0, 0.1) is 0 Å². The Morgan fingerprint density at radius 3 is 1.24 bits per heavy atom. The van der Waals surface area contributed by atoms with Gasteiger partial charge in [-0.25, -0.2) is 0 Å². The van der Waals surface area contributed by atoms with E-state index in [1.165, 1.54) is 21.9 Å². The van der Waals surface area contributed by atoms with Gasteiger partial charge in [0.2, 0.25) is 11.0 Å². The van der Waals surface area contributed by atoms with Crippen LogP contribution in [0.1, 0.15) is 11.1 Å². The van der Waals surface area contributed by atoms with Crippen molar-refractivity contribution < 1.29 is 23.3 Å². The molecule has 2 heterocycles. The fraction of sp³-hybridized carbons (Fsp3) is 0.160. The van der Waals surface area contributed by atoms with E-state index in [2.05, 4.69) is 130 Å². The van der Waals surface area contributed by atoms with Crippen LogP contribution < -0.4 is 28.4 Å². The lowest BCUT2D eigenvalue weighted by Crippen LogP contribution is -2.35. The van der Waals surface area contributed by atoms with Crippen molar-refractivity contribution in [2.75, 3.05) is 50.3 Å². The summed E-state index contributed by atoms with van der Waals surface area (Å²) in [5, 5.41) is 3.81. The SMILES string of the molecule is CN(c1ccc(Cl)cc1)c1cc[n+](Cc2ccc(OCCOCCOc3ccc(C[n+]4ccc(N(C)c5ccc(Cl)cc5)c5ccccc54)cc3)cc2)c2ccccc12. The Hall–Kier alpha value is -6.12. The molecule has 0 atom stereocenters. The molecule has 0 N–H and O–H groups in total. The van der Waals surface area contributed by atoms with Gasteiger partial charge in [-0.1, -0.05) is 47.5 Å². The van der Waals surface area contributed by atoms with Crippen LogP contribution in [0.5, 0.6) is 11.5 Å². The Labute approximate surface area is 355 Å². The molecule has 8 rings (SSSR count). The molecule has 0 aliphatic heterocycles. The molecular weight excluding hydrogens is 775 g/mol. The Balaban J connectivity index is 0.776. The minimum absolute atomic E-state index is 0.459. The van der Waals surface area contributed by atoms with Crippen molar-refractivity contribution in [2.45, 2.75) is 13.1 Å². The number of hydrogen-bond acceptors (Lipinski definition) is 5. The quantitative estimate of drug-likeness (QED) is 0.0717. The summed E-state index contributed by atoms with van der Waals surface area (Å²) in [7, 11) is 4.17. The maximum Gasteiger partial charge on any atom is 0.214 e. The van der Waals surface area contributed by atoms with Gasteiger partial charge in [0.1, 0.15) is 24.7 Å². The Morgan fingerprint density at radius 1 is 0.441 bits per heavy atom. The zero-order valence-electron chi connectivity index (χ0n) is 33.2. The van der Waals surface area contributed by atoms with Gasteiger partial charge in [-0.3, -0.25) is 0 Å². The topological polar surface area (TPSA) is 41.9 Å². The number of rotatable bonds is 16. The first-order valence-electron chi connectivity index (χ1n) is 19.7. The predicted octanol–water partition coefficient (Wildman–Crippen LogP) is 11.0. The van der Waals surface area contributed by atoms with Gasteiger partial charge >= 0.3 is 0 Å². The second kappa shape index (κ2) is 18.6. The highest BCUT2D eigenvalue weighted by atomic mass is 35.5. The summed E-state index contributed by atoms with van der Waals surface area (Å²) in [5.74, 6) is 1.63. The van der Waals surface area contributed by atoms with Crippen LogP contribution >= 0.6 is 23.2 Å². The first-order chi connectivity index (χ1) is 28.9. The molecule has 296 valence electrons. The second-order valence-electron chi connectivity index (χ2n) is 14.4. The lowest BCUT2D eigenvalue weighted by atomic mass is 10.1. The molecule has 0 fully saturated rings. The summed E-state index contributed by atoms with van der Waals surface area (Å²) < 4.78 is 22.3. The molecule has 2 aromatic heterocycles. The van der Waals surface area contributed by atoms with Crippen LogP contribution in [0.4, 0.5) is 22.7 Å². The normalized spacial score (nSPS) is 11.2. The van der Waals surface area contributed by atoms with Crippen LogP contribution in [-0.4, -0.2) is 40.5 Å². The molecule has 0 amide bonds. The fourth-order valence-electron chi connectivity index (χ4n) is 7.33. The molecule has 0 saturated heterocycles. The molecule has 9 heteroatoms. The average Bonchev–Trinajstić information content (AvgIpc) is 3.27. The van der Waals surface area contributed by atoms with Crippen molar-refractivity contribution in [1.82, 2.24) is 0 Å². The summed E-state index contributed by atoms with van der Waals surface area (Å²) in [6.45, 7) is 3.35. The Kier molecular flexibility index (Phi) is 12.5. The molecule has 0 radical (unpaired) electrons. The number of anilines is 4. The number of hydrogen-bond donors (Lipinski definition) is 0. The van der Waals surface area contributed by atoms with E-state index >= 15 is 0 Å². The van der Waals surface area contributed by atoms with Crippen molar-refractivity contribution in [3.63, 3.8) is 0 Å². The molecule has 0 saturated carbocycles. The summed E-state index contributed by atoms with van der Waals surface area (Å²) in [4.78, 5) is 4.38. The van der Waals surface area contributed by atoms with E-state index in [4.69, 9.17) is 37.4 Å². The summed E-state index contributed by atoms with van der Waals surface area (Å²) in [6.07, 6.45) is 4.30. The van der Waals surface area contributed by atoms with E-state index in [0.717, 1.165) is 68.4 Å². The first-order valence-corrected chi connectivity index (χ1v) is 20.5. The Morgan fingerprint density at radius 2 is 0.831 bits per heavy atom. The number of nitrogens with zero attached hydrogens (tertiary/aromatic N) is 4. The highest BCUT2D eigenvalue weighted by Gasteiger charge is 2.18. The van der Waals surface area contributed by atoms with Gasteiger partial charge in [0, 0.05) is 70.9 Å². The minimum atomic E-state index is 0.459. The van der Waals surface area contributed by atoms with Gasteiger partial charge in [0.05, 0.1) is 35.4 Å². The highest BCUT2D eigenvalue weighted by molar-refractivity contribution is 6.31. The first kappa shape index (κ1) is 39.7. The molecule has 0 spiro atoms. The smallest absolute Gasteiger partial charge is 0.214 e. The third-order valence-electron chi connectivity index (χ3n) is 10.5. The van der Waals surface area contributed by atoms with Crippen molar-refractivity contribution in [2.24, 2.45) is 0 Å². The summed E-state index contributed by atoms with van der Waals surface area (Å²) in [6, 6.07) is 53.7. The summed E-state index contributed by atoms with van der Waals surface area (Å²) >= 11 is 12.3. The molecule has 0 bridgehead atoms. The maximum absolute atomic E-state index is 6.14. The van der Waals surface area contributed by atoms with Crippen molar-refractivity contribution in [3.8, 4) is 11.5 Å². The van der Waals surface area contributed by atoms with Gasteiger partial charge in [-0.05, 0) is 109 Å². The summed E-state index contributed by atoms with van der Waals surface area (Å²) in [5.41, 5.74) is 9.12. The van der Waals surface area contributed by atoms with Crippen LogP contribution in [0.25, 0.3) is 21.8 Å². The van der Waals surface area contributed by atoms with Gasteiger partial charge in [0.15, 0.2) is 25.5 Å². The molecule has 0 aliphatic rings. The van der Waals surface area contributed by atoms with Crippen LogP contribution in [0.2, 0.25) is 10.0 Å². The molecule has 6 aromatic carbocycles. The van der Waals surface area contributed by atoms with Crippen molar-refractivity contribution in [3.05, 3.63) is 191 Å². The van der Waals surface area contributed by atoms with Gasteiger partial charge in [-0.15, -0.1) is 0 Å². The predicted molar refractivity (Wildman–Crippen MR) is 240 cm³/mol. The van der Waals surface area contributed by atoms with Crippen LogP contribution in [-0.2, 0) is 17.8 Å². The van der Waals surface area contributed by atoms with Gasteiger partial charge < -0.3 is 24.0 Å². The molecule has 0 unspecified atom stereocenters. The molecular formula is C50H46Cl2N4O3+2. The molecule has 0 aliphatic carbocycles. The van der Waals surface area contributed by atoms with E-state index in [0.29, 0.717) is 26.4 Å². The highest BCUT2D eigenvalue weighted by Crippen LogP contribution is 2.32. The van der Waals surface area contributed by atoms with E-state index < -0.39 is 0 Å². The van der Waals surface area contributed by atoms with Crippen molar-refractivity contribution in [1.29, 1.82) is 0 Å². The zero-order chi connectivity index (χ0) is 40.6. The number of aromatic nitrogens is 2. The van der Waals surface area contributed by atoms with Gasteiger partial charge in [-0.2, -0.15) is 9.13 Å². The van der Waals surface area contributed by atoms with Gasteiger partial charge in [0.25, 0.3) is 0 Å². The van der Waals surface area contributed by atoms with E-state index in [9.17, 15) is 0 Å². The third kappa shape index (κ3) is 9.61. The van der Waals surface area contributed by atoms with E-state index in [1.807, 2.05) is 72.8 Å². The number of benzene rings is 6. The minimum Gasteiger partial charge on any atom is -0.491 e. The maximum atomic E-state index is 6.14. The van der Waals surface area contributed by atoms with E-state index in [1.54, 1.807) is 0 Å². The third-order valence-corrected chi connectivity index (χ3v) is 11.0. The number of halogens is 2. The van der Waals surface area contributed by atoms with Crippen LogP contribution in [0.15, 0.2) is 170 Å². The molecule has 7 nitrogen and oxygen atoms in total. The lowest BCUT2D eigenvalue weighted by Gasteiger charge is -2.20. The molecule has 8 aromatic rings. The fourth-order valence-corrected chi connectivity index (χ4v) is 7.58. The zero-order valence-corrected chi connectivity index (χ0v) is 34.7. The Bertz CT molecular complexity index is 2450. The van der Waals surface area contributed by atoms with Crippen molar-refractivity contribution >= 4 is 67.8 Å². The molecule has 59 heavy (non-hydrogen) atoms. The number of pyridine rings is 2. The number of fused-ring (bicyclic) bond motifs is 2. The average molecular weight is 822 g/mol. The van der Waals surface area contributed by atoms with Crippen LogP contribution in [0.3, 0.4) is 0 Å². The number of ether oxygens (including phenoxy) is 3. The number of para-hydroxylation sites is 2.